The monoisotopic (exact) mass is 374 g/mol. The Hall–Kier alpha value is -2.58. The minimum absolute atomic E-state index is 0.0135. The van der Waals surface area contributed by atoms with E-state index in [1.54, 1.807) is 0 Å². The SMILES string of the molecule is CCCCCCn1c(=O)c2cc3c(=O)n(C(CO)CO)c(=O)c3cc2c1=O. The van der Waals surface area contributed by atoms with Crippen LogP contribution in [-0.2, 0) is 6.54 Å². The fourth-order valence-electron chi connectivity index (χ4n) is 3.49. The molecule has 0 amide bonds. The van der Waals surface area contributed by atoms with Gasteiger partial charge in [0, 0.05) is 6.54 Å². The van der Waals surface area contributed by atoms with Gasteiger partial charge in [-0.2, -0.15) is 0 Å². The summed E-state index contributed by atoms with van der Waals surface area (Å²) >= 11 is 0. The molecule has 3 aromatic rings. The third-order valence-electron chi connectivity index (χ3n) is 5.03. The minimum Gasteiger partial charge on any atom is -0.394 e. The lowest BCUT2D eigenvalue weighted by atomic mass is 10.1. The second kappa shape index (κ2) is 7.58. The van der Waals surface area contributed by atoms with Crippen molar-refractivity contribution < 1.29 is 10.2 Å². The molecule has 0 fully saturated rings. The van der Waals surface area contributed by atoms with E-state index in [2.05, 4.69) is 6.92 Å². The third-order valence-corrected chi connectivity index (χ3v) is 5.03. The Kier molecular flexibility index (Phi) is 5.38. The zero-order valence-corrected chi connectivity index (χ0v) is 15.1. The van der Waals surface area contributed by atoms with Crippen LogP contribution in [0.4, 0.5) is 0 Å². The fourth-order valence-corrected chi connectivity index (χ4v) is 3.49. The maximum absolute atomic E-state index is 12.6. The van der Waals surface area contributed by atoms with Crippen LogP contribution in [0.2, 0.25) is 0 Å². The lowest BCUT2D eigenvalue weighted by Crippen LogP contribution is -2.34. The average Bonchev–Trinajstić information content (AvgIpc) is 3.05. The first-order valence-corrected chi connectivity index (χ1v) is 9.10. The number of benzene rings is 1. The van der Waals surface area contributed by atoms with Crippen LogP contribution in [0.5, 0.6) is 0 Å². The first-order valence-electron chi connectivity index (χ1n) is 9.10. The summed E-state index contributed by atoms with van der Waals surface area (Å²) in [5.41, 5.74) is -2.30. The third kappa shape index (κ3) is 3.04. The van der Waals surface area contributed by atoms with E-state index in [-0.39, 0.29) is 21.5 Å². The van der Waals surface area contributed by atoms with Gasteiger partial charge in [-0.25, -0.2) is 0 Å². The van der Waals surface area contributed by atoms with E-state index in [4.69, 9.17) is 0 Å². The highest BCUT2D eigenvalue weighted by atomic mass is 16.3. The highest BCUT2D eigenvalue weighted by Gasteiger charge is 2.22. The molecule has 8 heteroatoms. The molecule has 0 saturated heterocycles. The van der Waals surface area contributed by atoms with Gasteiger partial charge >= 0.3 is 0 Å². The Morgan fingerprint density at radius 2 is 1.26 bits per heavy atom. The van der Waals surface area contributed by atoms with E-state index in [1.807, 2.05) is 0 Å². The first kappa shape index (κ1) is 19.2. The summed E-state index contributed by atoms with van der Waals surface area (Å²) in [4.78, 5) is 50.3. The summed E-state index contributed by atoms with van der Waals surface area (Å²) in [7, 11) is 0. The molecule has 0 bridgehead atoms. The summed E-state index contributed by atoms with van der Waals surface area (Å²) in [5.74, 6) is 0. The van der Waals surface area contributed by atoms with Crippen molar-refractivity contribution in [1.29, 1.82) is 0 Å². The molecular weight excluding hydrogens is 352 g/mol. The Bertz CT molecular complexity index is 1100. The van der Waals surface area contributed by atoms with Crippen molar-refractivity contribution in [3.05, 3.63) is 53.5 Å². The van der Waals surface area contributed by atoms with E-state index < -0.39 is 41.5 Å². The zero-order valence-electron chi connectivity index (χ0n) is 15.1. The van der Waals surface area contributed by atoms with Crippen molar-refractivity contribution in [2.24, 2.45) is 0 Å². The van der Waals surface area contributed by atoms with Gasteiger partial charge in [-0.15, -0.1) is 0 Å². The van der Waals surface area contributed by atoms with E-state index in [0.29, 0.717) is 13.0 Å². The molecule has 3 rings (SSSR count). The smallest absolute Gasteiger partial charge is 0.261 e. The highest BCUT2D eigenvalue weighted by Crippen LogP contribution is 2.16. The molecule has 1 aromatic carbocycles. The van der Waals surface area contributed by atoms with Crippen LogP contribution in [0.3, 0.4) is 0 Å². The fraction of sp³-hybridized carbons (Fsp3) is 0.474. The summed E-state index contributed by atoms with van der Waals surface area (Å²) in [6, 6.07) is 1.50. The topological polar surface area (TPSA) is 119 Å². The van der Waals surface area contributed by atoms with Crippen molar-refractivity contribution in [2.75, 3.05) is 13.2 Å². The number of aliphatic hydroxyl groups is 2. The van der Waals surface area contributed by atoms with Gasteiger partial charge in [0.05, 0.1) is 40.8 Å². The van der Waals surface area contributed by atoms with Gasteiger partial charge in [0.1, 0.15) is 0 Å². The number of unbranched alkanes of at least 4 members (excludes halogenated alkanes) is 3. The van der Waals surface area contributed by atoms with Gasteiger partial charge in [0.25, 0.3) is 22.2 Å². The van der Waals surface area contributed by atoms with Crippen LogP contribution < -0.4 is 22.2 Å². The largest absolute Gasteiger partial charge is 0.394 e. The van der Waals surface area contributed by atoms with Crippen molar-refractivity contribution in [2.45, 2.75) is 45.2 Å². The molecule has 0 aliphatic carbocycles. The number of nitrogens with zero attached hydrogens (tertiary/aromatic N) is 2. The van der Waals surface area contributed by atoms with Crippen LogP contribution >= 0.6 is 0 Å². The van der Waals surface area contributed by atoms with Crippen LogP contribution in [0.25, 0.3) is 21.5 Å². The zero-order chi connectivity index (χ0) is 19.7. The van der Waals surface area contributed by atoms with Crippen molar-refractivity contribution in [1.82, 2.24) is 9.13 Å². The molecule has 0 aliphatic rings. The number of fused-ring (bicyclic) bond motifs is 2. The Balaban J connectivity index is 2.19. The summed E-state index contributed by atoms with van der Waals surface area (Å²) < 4.78 is 1.93. The highest BCUT2D eigenvalue weighted by molar-refractivity contribution is 5.97. The number of hydrogen-bond donors (Lipinski definition) is 2. The predicted octanol–water partition coefficient (Wildman–Crippen LogP) is 0.0184. The Morgan fingerprint density at radius 1 is 0.778 bits per heavy atom. The van der Waals surface area contributed by atoms with Gasteiger partial charge in [0.15, 0.2) is 0 Å². The van der Waals surface area contributed by atoms with Gasteiger partial charge < -0.3 is 10.2 Å². The molecule has 0 aliphatic heterocycles. The Morgan fingerprint density at radius 3 is 1.70 bits per heavy atom. The molecule has 27 heavy (non-hydrogen) atoms. The van der Waals surface area contributed by atoms with Crippen LogP contribution in [0.1, 0.15) is 38.6 Å². The standard InChI is InChI=1S/C19H22N2O6/c1-2-3-4-5-6-20-16(24)12-7-14-15(8-13(12)17(20)25)19(27)21(18(14)26)11(9-22)10-23/h7-8,11,22-23H,2-6,9-10H2,1H3. The van der Waals surface area contributed by atoms with Gasteiger partial charge in [-0.1, -0.05) is 26.2 Å². The molecule has 0 spiro atoms. The number of aliphatic hydroxyl groups excluding tert-OH is 2. The normalized spacial score (nSPS) is 12.0. The molecule has 0 saturated carbocycles. The van der Waals surface area contributed by atoms with E-state index in [9.17, 15) is 29.4 Å². The van der Waals surface area contributed by atoms with Crippen molar-refractivity contribution in [3.8, 4) is 0 Å². The maximum Gasteiger partial charge on any atom is 0.261 e. The van der Waals surface area contributed by atoms with Gasteiger partial charge in [0.2, 0.25) is 0 Å². The lowest BCUT2D eigenvalue weighted by molar-refractivity contribution is 0.151. The Labute approximate surface area is 153 Å². The lowest BCUT2D eigenvalue weighted by Gasteiger charge is -2.09. The molecule has 8 nitrogen and oxygen atoms in total. The van der Waals surface area contributed by atoms with Crippen LogP contribution in [0.15, 0.2) is 31.3 Å². The second-order valence-electron chi connectivity index (χ2n) is 6.77. The molecular formula is C19H22N2O6. The predicted molar refractivity (Wildman–Crippen MR) is 102 cm³/mol. The van der Waals surface area contributed by atoms with Crippen molar-refractivity contribution in [3.63, 3.8) is 0 Å². The first-order chi connectivity index (χ1) is 13.0. The molecule has 0 unspecified atom stereocenters. The molecule has 0 atom stereocenters. The quantitative estimate of drug-likeness (QED) is 0.537. The maximum atomic E-state index is 12.6. The van der Waals surface area contributed by atoms with Crippen LogP contribution in [0, 0.1) is 0 Å². The molecule has 2 heterocycles. The molecule has 144 valence electrons. The summed E-state index contributed by atoms with van der Waals surface area (Å²) in [6.07, 6.45) is 3.68. The number of aromatic nitrogens is 2. The summed E-state index contributed by atoms with van der Waals surface area (Å²) in [6.45, 7) is 1.22. The second-order valence-corrected chi connectivity index (χ2v) is 6.77. The van der Waals surface area contributed by atoms with Crippen molar-refractivity contribution >= 4 is 21.5 Å². The average molecular weight is 374 g/mol. The number of rotatable bonds is 8. The number of hydrogen-bond acceptors (Lipinski definition) is 6. The molecule has 0 radical (unpaired) electrons. The molecule has 2 N–H and O–H groups in total. The molecule has 2 aromatic heterocycles. The minimum atomic E-state index is -1.06. The van der Waals surface area contributed by atoms with E-state index in [0.717, 1.165) is 28.4 Å². The van der Waals surface area contributed by atoms with Crippen LogP contribution in [-0.4, -0.2) is 32.6 Å². The van der Waals surface area contributed by atoms with E-state index in [1.165, 1.54) is 12.1 Å². The van der Waals surface area contributed by atoms with Gasteiger partial charge in [-0.05, 0) is 18.6 Å². The van der Waals surface area contributed by atoms with E-state index >= 15 is 0 Å². The summed E-state index contributed by atoms with van der Waals surface area (Å²) in [5, 5.41) is 18.8. The van der Waals surface area contributed by atoms with Gasteiger partial charge in [-0.3, -0.25) is 28.3 Å².